The molecule has 0 fully saturated rings. The first-order valence-corrected chi connectivity index (χ1v) is 11.9. The number of aromatic nitrogens is 1. The summed E-state index contributed by atoms with van der Waals surface area (Å²) in [5.74, 6) is 0.0952. The minimum atomic E-state index is -0.694. The van der Waals surface area contributed by atoms with Gasteiger partial charge in [0, 0.05) is 9.13 Å². The van der Waals surface area contributed by atoms with Crippen molar-refractivity contribution < 1.29 is 14.3 Å². The van der Waals surface area contributed by atoms with E-state index in [1.165, 1.54) is 11.3 Å². The number of para-hydroxylation sites is 1. The minimum absolute atomic E-state index is 0.211. The standard InChI is InChI=1S/C24H21IN2O4S/c1-4-31-23(29)20-14(2)26-24-27(21(20)17-7-5-6-8-18(17)30-3)22(28)19(32-24)13-15-9-11-16(25)12-10-15/h5-13,21H,4H2,1-3H3/b19-13-/t21-/m1/s1. The highest BCUT2D eigenvalue weighted by Crippen LogP contribution is 2.35. The van der Waals surface area contributed by atoms with Crippen LogP contribution in [0.5, 0.6) is 5.75 Å². The van der Waals surface area contributed by atoms with Crippen LogP contribution in [0.3, 0.4) is 0 Å². The van der Waals surface area contributed by atoms with Crippen molar-refractivity contribution >= 4 is 46.0 Å². The molecule has 2 heterocycles. The van der Waals surface area contributed by atoms with Crippen LogP contribution in [0, 0.1) is 3.57 Å². The number of benzene rings is 2. The zero-order valence-electron chi connectivity index (χ0n) is 17.8. The topological polar surface area (TPSA) is 69.9 Å². The van der Waals surface area contributed by atoms with Gasteiger partial charge in [0.25, 0.3) is 5.56 Å². The fraction of sp³-hybridized carbons (Fsp3) is 0.208. The van der Waals surface area contributed by atoms with Crippen molar-refractivity contribution in [2.75, 3.05) is 13.7 Å². The summed E-state index contributed by atoms with van der Waals surface area (Å²) in [5, 5.41) is 0. The van der Waals surface area contributed by atoms with Gasteiger partial charge in [-0.2, -0.15) is 0 Å². The Bertz CT molecular complexity index is 1390. The van der Waals surface area contributed by atoms with Crippen molar-refractivity contribution in [1.29, 1.82) is 0 Å². The third kappa shape index (κ3) is 4.16. The molecule has 164 valence electrons. The van der Waals surface area contributed by atoms with Gasteiger partial charge < -0.3 is 9.47 Å². The minimum Gasteiger partial charge on any atom is -0.496 e. The molecule has 0 amide bonds. The van der Waals surface area contributed by atoms with Gasteiger partial charge in [-0.25, -0.2) is 9.79 Å². The second-order valence-electron chi connectivity index (χ2n) is 7.10. The molecule has 3 aromatic rings. The highest BCUT2D eigenvalue weighted by atomic mass is 127. The highest BCUT2D eigenvalue weighted by molar-refractivity contribution is 14.1. The number of methoxy groups -OCH3 is 1. The first-order chi connectivity index (χ1) is 15.4. The maximum atomic E-state index is 13.6. The Hall–Kier alpha value is -2.72. The van der Waals surface area contributed by atoms with E-state index < -0.39 is 12.0 Å². The summed E-state index contributed by atoms with van der Waals surface area (Å²) in [7, 11) is 1.57. The number of thiazole rings is 1. The summed E-state index contributed by atoms with van der Waals surface area (Å²) in [4.78, 5) is 31.6. The number of ether oxygens (including phenoxy) is 2. The number of esters is 1. The number of fused-ring (bicyclic) bond motifs is 1. The van der Waals surface area contributed by atoms with Crippen LogP contribution in [0.4, 0.5) is 0 Å². The summed E-state index contributed by atoms with van der Waals surface area (Å²) in [5.41, 5.74) is 2.28. The Morgan fingerprint density at radius 2 is 1.94 bits per heavy atom. The lowest BCUT2D eigenvalue weighted by Crippen LogP contribution is -2.40. The van der Waals surface area contributed by atoms with E-state index in [2.05, 4.69) is 27.6 Å². The molecule has 32 heavy (non-hydrogen) atoms. The number of hydrogen-bond acceptors (Lipinski definition) is 6. The molecule has 4 rings (SSSR count). The average Bonchev–Trinajstić information content (AvgIpc) is 3.09. The van der Waals surface area contributed by atoms with Gasteiger partial charge in [-0.15, -0.1) is 0 Å². The van der Waals surface area contributed by atoms with Crippen LogP contribution in [0.25, 0.3) is 6.08 Å². The number of allylic oxidation sites excluding steroid dienone is 1. The number of rotatable bonds is 5. The zero-order chi connectivity index (χ0) is 22.8. The molecule has 0 bridgehead atoms. The Labute approximate surface area is 202 Å². The van der Waals surface area contributed by atoms with Crippen LogP contribution in [0.15, 0.2) is 69.6 Å². The van der Waals surface area contributed by atoms with Crippen molar-refractivity contribution in [1.82, 2.24) is 4.57 Å². The summed E-state index contributed by atoms with van der Waals surface area (Å²) in [6.07, 6.45) is 1.85. The monoisotopic (exact) mass is 560 g/mol. The Balaban J connectivity index is 1.98. The quantitative estimate of drug-likeness (QED) is 0.355. The Morgan fingerprint density at radius 1 is 1.22 bits per heavy atom. The maximum Gasteiger partial charge on any atom is 0.338 e. The van der Waals surface area contributed by atoms with Gasteiger partial charge in [-0.05, 0) is 66.3 Å². The highest BCUT2D eigenvalue weighted by Gasteiger charge is 2.34. The fourth-order valence-electron chi connectivity index (χ4n) is 3.69. The molecule has 0 spiro atoms. The molecule has 1 aromatic heterocycles. The van der Waals surface area contributed by atoms with Gasteiger partial charge in [-0.1, -0.05) is 41.7 Å². The van der Waals surface area contributed by atoms with Crippen LogP contribution < -0.4 is 19.6 Å². The lowest BCUT2D eigenvalue weighted by molar-refractivity contribution is -0.139. The summed E-state index contributed by atoms with van der Waals surface area (Å²) < 4.78 is 14.1. The second-order valence-corrected chi connectivity index (χ2v) is 9.35. The lowest BCUT2D eigenvalue weighted by atomic mass is 9.95. The lowest BCUT2D eigenvalue weighted by Gasteiger charge is -2.25. The summed E-state index contributed by atoms with van der Waals surface area (Å²) >= 11 is 3.55. The van der Waals surface area contributed by atoms with Crippen LogP contribution >= 0.6 is 33.9 Å². The summed E-state index contributed by atoms with van der Waals surface area (Å²) in [6, 6.07) is 14.6. The first kappa shape index (κ1) is 22.5. The molecule has 0 N–H and O–H groups in total. The van der Waals surface area contributed by atoms with Gasteiger partial charge in [0.05, 0.1) is 29.5 Å². The number of hydrogen-bond donors (Lipinski definition) is 0. The zero-order valence-corrected chi connectivity index (χ0v) is 20.8. The largest absolute Gasteiger partial charge is 0.496 e. The molecule has 0 unspecified atom stereocenters. The third-order valence-electron chi connectivity index (χ3n) is 5.12. The maximum absolute atomic E-state index is 13.6. The Morgan fingerprint density at radius 3 is 2.62 bits per heavy atom. The first-order valence-electron chi connectivity index (χ1n) is 10.0. The predicted molar refractivity (Wildman–Crippen MR) is 133 cm³/mol. The van der Waals surface area contributed by atoms with Gasteiger partial charge >= 0.3 is 5.97 Å². The molecule has 0 saturated carbocycles. The van der Waals surface area contributed by atoms with Gasteiger partial charge in [0.15, 0.2) is 4.80 Å². The van der Waals surface area contributed by atoms with E-state index in [1.54, 1.807) is 25.5 Å². The molecular formula is C24H21IN2O4S. The molecule has 1 atom stereocenters. The molecule has 8 heteroatoms. The fourth-order valence-corrected chi connectivity index (χ4v) is 5.09. The van der Waals surface area contributed by atoms with Crippen LogP contribution in [-0.4, -0.2) is 24.3 Å². The number of carbonyl (C=O) groups is 1. The SMILES string of the molecule is CCOC(=O)C1=C(C)N=c2s/c(=C\c3ccc(I)cc3)c(=O)n2[C@@H]1c1ccccc1OC. The smallest absolute Gasteiger partial charge is 0.338 e. The van der Waals surface area contributed by atoms with E-state index in [0.717, 1.165) is 9.13 Å². The van der Waals surface area contributed by atoms with E-state index in [9.17, 15) is 9.59 Å². The predicted octanol–water partition coefficient (Wildman–Crippen LogP) is 3.41. The van der Waals surface area contributed by atoms with Crippen LogP contribution in [-0.2, 0) is 9.53 Å². The van der Waals surface area contributed by atoms with Gasteiger partial charge in [0.2, 0.25) is 0 Å². The second kappa shape index (κ2) is 9.41. The number of carbonyl (C=O) groups excluding carboxylic acids is 1. The van der Waals surface area contributed by atoms with Crippen molar-refractivity contribution in [3.05, 3.63) is 94.2 Å². The van der Waals surface area contributed by atoms with Gasteiger partial charge in [-0.3, -0.25) is 9.36 Å². The summed E-state index contributed by atoms with van der Waals surface area (Å²) in [6.45, 7) is 3.75. The van der Waals surface area contributed by atoms with E-state index in [4.69, 9.17) is 9.47 Å². The van der Waals surface area contributed by atoms with Crippen molar-refractivity contribution in [3.8, 4) is 5.75 Å². The van der Waals surface area contributed by atoms with E-state index in [1.807, 2.05) is 54.6 Å². The van der Waals surface area contributed by atoms with Crippen molar-refractivity contribution in [3.63, 3.8) is 0 Å². The van der Waals surface area contributed by atoms with E-state index in [0.29, 0.717) is 31.9 Å². The molecule has 1 aliphatic heterocycles. The van der Waals surface area contributed by atoms with Gasteiger partial charge in [0.1, 0.15) is 11.8 Å². The average molecular weight is 560 g/mol. The van der Waals surface area contributed by atoms with Crippen LogP contribution in [0.2, 0.25) is 0 Å². The van der Waals surface area contributed by atoms with E-state index in [-0.39, 0.29) is 12.2 Å². The molecule has 1 aliphatic rings. The van der Waals surface area contributed by atoms with Crippen LogP contribution in [0.1, 0.15) is 31.0 Å². The van der Waals surface area contributed by atoms with E-state index >= 15 is 0 Å². The normalized spacial score (nSPS) is 15.9. The Kier molecular flexibility index (Phi) is 6.61. The number of halogens is 1. The molecule has 0 saturated heterocycles. The molecule has 6 nitrogen and oxygen atoms in total. The van der Waals surface area contributed by atoms with Crippen molar-refractivity contribution in [2.45, 2.75) is 19.9 Å². The molecular weight excluding hydrogens is 539 g/mol. The molecule has 0 aliphatic carbocycles. The van der Waals surface area contributed by atoms with Crippen molar-refractivity contribution in [2.24, 2.45) is 4.99 Å². The molecule has 2 aromatic carbocycles. The molecule has 0 radical (unpaired) electrons. The number of nitrogens with zero attached hydrogens (tertiary/aromatic N) is 2. The third-order valence-corrected chi connectivity index (χ3v) is 6.82.